The molecule has 0 aliphatic carbocycles. The minimum absolute atomic E-state index is 0.0192. The van der Waals surface area contributed by atoms with Crippen molar-refractivity contribution in [2.24, 2.45) is 4.99 Å². The first-order valence-corrected chi connectivity index (χ1v) is 24.7. The Bertz CT molecular complexity index is 3460. The zero-order valence-corrected chi connectivity index (χ0v) is 43.3. The van der Waals surface area contributed by atoms with E-state index in [-0.39, 0.29) is 45.1 Å². The van der Waals surface area contributed by atoms with Gasteiger partial charge in [-0.25, -0.2) is 9.79 Å². The molecule has 0 radical (unpaired) electrons. The van der Waals surface area contributed by atoms with Crippen LogP contribution in [0.15, 0.2) is 138 Å². The SMILES string of the molecule is CC(C)c1cccc(C(C)C)c1N=C(O)c1cc(Oc2ccc(C(C)(C)C)cc2)c2c3cccc4c(Oc5ccc(C(C)(C)C)cc5)ccc(c5c(Oc6ccc(C(C)(C)C)cc6)cc(C(=O)O)c1c52)c43. The monoisotopic (exact) mass is 943 g/mol. The van der Waals surface area contributed by atoms with E-state index in [1.807, 2.05) is 91.0 Å². The van der Waals surface area contributed by atoms with Crippen molar-refractivity contribution in [1.82, 2.24) is 0 Å². The van der Waals surface area contributed by atoms with E-state index in [9.17, 15) is 15.0 Å². The molecule has 0 aliphatic rings. The van der Waals surface area contributed by atoms with Crippen molar-refractivity contribution in [2.75, 3.05) is 0 Å². The van der Waals surface area contributed by atoms with Crippen LogP contribution in [0.3, 0.4) is 0 Å². The number of ether oxygens (including phenoxy) is 3. The van der Waals surface area contributed by atoms with Crippen LogP contribution in [0.2, 0.25) is 0 Å². The lowest BCUT2D eigenvalue weighted by molar-refractivity contribution is 0.0698. The number of para-hydroxylation sites is 1. The summed E-state index contributed by atoms with van der Waals surface area (Å²) in [5.74, 6) is 1.88. The molecule has 9 rings (SSSR count). The molecule has 0 aliphatic heterocycles. The minimum Gasteiger partial charge on any atom is -0.493 e. The summed E-state index contributed by atoms with van der Waals surface area (Å²) < 4.78 is 20.7. The Hall–Kier alpha value is -7.38. The Morgan fingerprint density at radius 2 is 0.831 bits per heavy atom. The van der Waals surface area contributed by atoms with Crippen molar-refractivity contribution in [3.8, 4) is 34.5 Å². The lowest BCUT2D eigenvalue weighted by Gasteiger charge is -2.24. The van der Waals surface area contributed by atoms with Crippen LogP contribution >= 0.6 is 0 Å². The maximum Gasteiger partial charge on any atom is 0.336 e. The summed E-state index contributed by atoms with van der Waals surface area (Å²) in [7, 11) is 0. The predicted octanol–water partition coefficient (Wildman–Crippen LogP) is 18.6. The van der Waals surface area contributed by atoms with Crippen molar-refractivity contribution in [1.29, 1.82) is 0 Å². The molecule has 2 N–H and O–H groups in total. The van der Waals surface area contributed by atoms with Gasteiger partial charge in [-0.05, 0) is 127 Å². The summed E-state index contributed by atoms with van der Waals surface area (Å²) in [5, 5.41) is 29.6. The third-order valence-corrected chi connectivity index (χ3v) is 13.7. The molecule has 0 unspecified atom stereocenters. The Morgan fingerprint density at radius 3 is 1.25 bits per heavy atom. The molecular weight excluding hydrogens is 879 g/mol. The molecule has 362 valence electrons. The largest absolute Gasteiger partial charge is 0.493 e. The summed E-state index contributed by atoms with van der Waals surface area (Å²) in [5.41, 5.74) is 6.03. The van der Waals surface area contributed by atoms with Crippen LogP contribution in [0.25, 0.3) is 43.1 Å². The Morgan fingerprint density at radius 1 is 0.437 bits per heavy atom. The van der Waals surface area contributed by atoms with Crippen LogP contribution in [0.4, 0.5) is 5.69 Å². The number of hydrogen-bond acceptors (Lipinski definition) is 5. The molecule has 0 atom stereocenters. The van der Waals surface area contributed by atoms with Gasteiger partial charge in [0.2, 0.25) is 5.90 Å². The standard InChI is InChI=1S/C64H65NO6/c1-36(2)44-16-14-17-45(37(3)4)59(44)65-60(66)49-34-52(70-42-28-22-39(23-29-42)63(8,9)10)56-47-19-15-18-46-51(69-41-26-20-38(21-27-41)62(5,6)7)33-32-48(54(46)47)57-53(35-50(61(67)68)55(49)58(56)57)71-43-30-24-40(25-31-43)64(11,12)13/h14-37H,1-13H3,(H,65,66)(H,67,68). The first-order valence-electron chi connectivity index (χ1n) is 24.7. The number of hydrogen-bond donors (Lipinski definition) is 2. The number of carboxylic acid groups (broad SMARTS) is 1. The average Bonchev–Trinajstić information content (AvgIpc) is 3.30. The molecule has 0 aromatic heterocycles. The molecule has 7 nitrogen and oxygen atoms in total. The van der Waals surface area contributed by atoms with Crippen molar-refractivity contribution in [3.05, 3.63) is 172 Å². The highest BCUT2D eigenvalue weighted by atomic mass is 16.5. The second kappa shape index (κ2) is 18.1. The fourth-order valence-corrected chi connectivity index (χ4v) is 9.77. The van der Waals surface area contributed by atoms with E-state index in [1.165, 1.54) is 5.56 Å². The molecule has 0 heterocycles. The van der Waals surface area contributed by atoms with Crippen LogP contribution in [0.5, 0.6) is 34.5 Å². The van der Waals surface area contributed by atoms with Crippen LogP contribution in [0.1, 0.15) is 146 Å². The van der Waals surface area contributed by atoms with Crippen LogP contribution in [-0.4, -0.2) is 22.1 Å². The summed E-state index contributed by atoms with van der Waals surface area (Å²) in [6.07, 6.45) is 0. The predicted molar refractivity (Wildman–Crippen MR) is 294 cm³/mol. The number of aromatic carboxylic acids is 1. The van der Waals surface area contributed by atoms with E-state index in [0.29, 0.717) is 61.7 Å². The zero-order chi connectivity index (χ0) is 50.9. The molecule has 0 amide bonds. The molecule has 0 bridgehead atoms. The molecular formula is C64H65NO6. The Labute approximate surface area is 418 Å². The van der Waals surface area contributed by atoms with Gasteiger partial charge in [0.05, 0.1) is 11.3 Å². The van der Waals surface area contributed by atoms with Crippen LogP contribution in [0, 0.1) is 0 Å². The Kier molecular flexibility index (Phi) is 12.4. The van der Waals surface area contributed by atoms with Gasteiger partial charge in [0.15, 0.2) is 0 Å². The van der Waals surface area contributed by atoms with Gasteiger partial charge in [-0.3, -0.25) is 0 Å². The highest BCUT2D eigenvalue weighted by molar-refractivity contribution is 6.39. The van der Waals surface area contributed by atoms with Crippen molar-refractivity contribution < 1.29 is 29.2 Å². The number of aliphatic hydroxyl groups excluding tert-OH is 1. The molecule has 9 aromatic rings. The van der Waals surface area contributed by atoms with Crippen molar-refractivity contribution in [2.45, 2.75) is 118 Å². The van der Waals surface area contributed by atoms with Gasteiger partial charge < -0.3 is 24.4 Å². The average molecular weight is 944 g/mol. The van der Waals surface area contributed by atoms with Gasteiger partial charge in [0.1, 0.15) is 34.5 Å². The molecule has 7 heteroatoms. The Balaban J connectivity index is 1.41. The number of aliphatic hydroxyl groups is 1. The molecule has 0 saturated carbocycles. The maximum absolute atomic E-state index is 13.9. The van der Waals surface area contributed by atoms with E-state index in [0.717, 1.165) is 43.8 Å². The second-order valence-electron chi connectivity index (χ2n) is 22.6. The first kappa shape index (κ1) is 48.6. The van der Waals surface area contributed by atoms with Crippen LogP contribution in [-0.2, 0) is 16.2 Å². The number of nitrogens with zero attached hydrogens (tertiary/aromatic N) is 1. The normalized spacial score (nSPS) is 12.8. The van der Waals surface area contributed by atoms with E-state index in [1.54, 1.807) is 12.1 Å². The fraction of sp³-hybridized carbons (Fsp3) is 0.281. The van der Waals surface area contributed by atoms with Gasteiger partial charge in [0.25, 0.3) is 0 Å². The molecule has 0 fully saturated rings. The summed E-state index contributed by atoms with van der Waals surface area (Å²) >= 11 is 0. The topological polar surface area (TPSA) is 97.6 Å². The number of aliphatic imine (C=N–C) groups is 1. The number of fused-ring (bicyclic) bond motifs is 2. The molecule has 0 spiro atoms. The molecule has 0 saturated heterocycles. The number of rotatable bonds is 11. The highest BCUT2D eigenvalue weighted by Crippen LogP contribution is 2.52. The summed E-state index contributed by atoms with van der Waals surface area (Å²) in [6, 6.07) is 43.7. The van der Waals surface area contributed by atoms with Crippen molar-refractivity contribution in [3.63, 3.8) is 0 Å². The maximum atomic E-state index is 13.9. The quantitative estimate of drug-likeness (QED) is 0.0580. The smallest absolute Gasteiger partial charge is 0.336 e. The third-order valence-electron chi connectivity index (χ3n) is 13.7. The van der Waals surface area contributed by atoms with Gasteiger partial charge in [0, 0.05) is 37.9 Å². The zero-order valence-electron chi connectivity index (χ0n) is 43.3. The number of carbonyl (C=O) groups is 1. The van der Waals surface area contributed by atoms with E-state index in [4.69, 9.17) is 19.2 Å². The van der Waals surface area contributed by atoms with E-state index < -0.39 is 5.97 Å². The highest BCUT2D eigenvalue weighted by Gasteiger charge is 2.30. The first-order chi connectivity index (χ1) is 33.5. The van der Waals surface area contributed by atoms with Crippen molar-refractivity contribution >= 4 is 60.6 Å². The lowest BCUT2D eigenvalue weighted by Crippen LogP contribution is -2.10. The van der Waals surface area contributed by atoms with E-state index >= 15 is 0 Å². The molecule has 71 heavy (non-hydrogen) atoms. The number of benzene rings is 9. The third kappa shape index (κ3) is 9.26. The van der Waals surface area contributed by atoms with Crippen LogP contribution < -0.4 is 14.2 Å². The van der Waals surface area contributed by atoms with Gasteiger partial charge >= 0.3 is 5.97 Å². The summed E-state index contributed by atoms with van der Waals surface area (Å²) in [4.78, 5) is 19.0. The lowest BCUT2D eigenvalue weighted by atomic mass is 9.85. The number of carboxylic acids is 1. The minimum atomic E-state index is -1.19. The second-order valence-corrected chi connectivity index (χ2v) is 22.6. The van der Waals surface area contributed by atoms with Gasteiger partial charge in [-0.1, -0.05) is 163 Å². The summed E-state index contributed by atoms with van der Waals surface area (Å²) in [6.45, 7) is 28.0. The van der Waals surface area contributed by atoms with Gasteiger partial charge in [-0.15, -0.1) is 0 Å². The van der Waals surface area contributed by atoms with E-state index in [2.05, 4.69) is 120 Å². The van der Waals surface area contributed by atoms with Gasteiger partial charge in [-0.2, -0.15) is 0 Å². The fourth-order valence-electron chi connectivity index (χ4n) is 9.77. The molecule has 9 aromatic carbocycles.